The molecule has 2 atom stereocenters. The molecule has 4 nitrogen and oxygen atoms in total. The van der Waals surface area contributed by atoms with Gasteiger partial charge in [-0.1, -0.05) is 12.8 Å². The van der Waals surface area contributed by atoms with Crippen molar-refractivity contribution in [2.75, 3.05) is 13.2 Å². The standard InChI is InChI=1S/C21H27F3N2O2/c22-21(23,24)14-7-8-16(17(11-14)13-5-6-13)20(27)26-19-12-28-10-9-18(19)25-15-3-1-2-4-15/h7-8,11,13,15,18-19,25H,1-6,9-10,12H2,(H,26,27)/t18-,19+/m1/s1. The molecule has 0 aromatic heterocycles. The molecule has 0 bridgehead atoms. The van der Waals surface area contributed by atoms with Crippen molar-refractivity contribution in [3.05, 3.63) is 34.9 Å². The molecule has 28 heavy (non-hydrogen) atoms. The number of benzene rings is 1. The summed E-state index contributed by atoms with van der Waals surface area (Å²) in [4.78, 5) is 12.9. The highest BCUT2D eigenvalue weighted by molar-refractivity contribution is 5.96. The van der Waals surface area contributed by atoms with E-state index >= 15 is 0 Å². The zero-order valence-corrected chi connectivity index (χ0v) is 15.9. The molecule has 0 radical (unpaired) electrons. The van der Waals surface area contributed by atoms with Crippen molar-refractivity contribution in [1.82, 2.24) is 10.6 Å². The third kappa shape index (κ3) is 4.51. The maximum atomic E-state index is 13.1. The number of carbonyl (C=O) groups is 1. The lowest BCUT2D eigenvalue weighted by Crippen LogP contribution is -2.57. The Morgan fingerprint density at radius 3 is 2.46 bits per heavy atom. The quantitative estimate of drug-likeness (QED) is 0.791. The lowest BCUT2D eigenvalue weighted by atomic mass is 9.97. The molecule has 1 aliphatic heterocycles. The first-order chi connectivity index (χ1) is 13.4. The summed E-state index contributed by atoms with van der Waals surface area (Å²) >= 11 is 0. The van der Waals surface area contributed by atoms with Gasteiger partial charge in [-0.3, -0.25) is 4.79 Å². The van der Waals surface area contributed by atoms with E-state index in [-0.39, 0.29) is 23.9 Å². The number of alkyl halides is 3. The first-order valence-corrected chi connectivity index (χ1v) is 10.3. The molecule has 154 valence electrons. The molecule has 3 fully saturated rings. The molecule has 3 aliphatic rings. The van der Waals surface area contributed by atoms with E-state index in [4.69, 9.17) is 4.74 Å². The van der Waals surface area contributed by atoms with Crippen LogP contribution in [0.25, 0.3) is 0 Å². The van der Waals surface area contributed by atoms with Crippen LogP contribution in [0.15, 0.2) is 18.2 Å². The SMILES string of the molecule is O=C(N[C@H]1COCC[C@H]1NC1CCCC1)c1ccc(C(F)(F)F)cc1C1CC1. The average Bonchev–Trinajstić information content (AvgIpc) is 3.39. The van der Waals surface area contributed by atoms with Gasteiger partial charge in [-0.25, -0.2) is 0 Å². The first kappa shape index (κ1) is 19.7. The van der Waals surface area contributed by atoms with Crippen LogP contribution in [0.1, 0.15) is 72.3 Å². The van der Waals surface area contributed by atoms with Crippen LogP contribution in [0.2, 0.25) is 0 Å². The number of carbonyl (C=O) groups excluding carboxylic acids is 1. The van der Waals surface area contributed by atoms with E-state index in [9.17, 15) is 18.0 Å². The second-order valence-electron chi connectivity index (χ2n) is 8.27. The van der Waals surface area contributed by atoms with Gasteiger partial charge in [-0.2, -0.15) is 13.2 Å². The van der Waals surface area contributed by atoms with E-state index < -0.39 is 11.7 Å². The minimum absolute atomic E-state index is 0.0538. The minimum atomic E-state index is -4.40. The van der Waals surface area contributed by atoms with Crippen molar-refractivity contribution in [3.63, 3.8) is 0 Å². The van der Waals surface area contributed by atoms with Crippen LogP contribution in [0.4, 0.5) is 13.2 Å². The summed E-state index contributed by atoms with van der Waals surface area (Å²) in [7, 11) is 0. The van der Waals surface area contributed by atoms with Crippen molar-refractivity contribution in [1.29, 1.82) is 0 Å². The topological polar surface area (TPSA) is 50.4 Å². The zero-order valence-electron chi connectivity index (χ0n) is 15.9. The van der Waals surface area contributed by atoms with E-state index in [1.165, 1.54) is 18.9 Å². The molecule has 0 spiro atoms. The third-order valence-corrected chi connectivity index (χ3v) is 6.12. The Labute approximate surface area is 163 Å². The Hall–Kier alpha value is -1.60. The largest absolute Gasteiger partial charge is 0.416 e. The lowest BCUT2D eigenvalue weighted by molar-refractivity contribution is -0.137. The number of rotatable bonds is 5. The normalized spacial score (nSPS) is 26.4. The van der Waals surface area contributed by atoms with Crippen LogP contribution >= 0.6 is 0 Å². The summed E-state index contributed by atoms with van der Waals surface area (Å²) < 4.78 is 44.8. The van der Waals surface area contributed by atoms with Crippen LogP contribution in [0.3, 0.4) is 0 Å². The summed E-state index contributed by atoms with van der Waals surface area (Å²) in [6.45, 7) is 1.08. The molecular weight excluding hydrogens is 369 g/mol. The fraction of sp³-hybridized carbons (Fsp3) is 0.667. The van der Waals surface area contributed by atoms with Crippen molar-refractivity contribution in [2.45, 2.75) is 75.2 Å². The molecule has 0 unspecified atom stereocenters. The first-order valence-electron chi connectivity index (χ1n) is 10.3. The highest BCUT2D eigenvalue weighted by atomic mass is 19.4. The molecule has 2 saturated carbocycles. The maximum absolute atomic E-state index is 13.1. The number of halogens is 3. The molecule has 1 aromatic carbocycles. The lowest BCUT2D eigenvalue weighted by Gasteiger charge is -2.35. The molecule has 7 heteroatoms. The predicted molar refractivity (Wildman–Crippen MR) is 99.3 cm³/mol. The Bertz CT molecular complexity index is 712. The number of ether oxygens (including phenoxy) is 1. The van der Waals surface area contributed by atoms with Gasteiger partial charge in [-0.05, 0) is 61.8 Å². The zero-order chi connectivity index (χ0) is 19.7. The number of nitrogens with one attached hydrogen (secondary N) is 2. The van der Waals surface area contributed by atoms with E-state index in [1.807, 2.05) is 0 Å². The van der Waals surface area contributed by atoms with Crippen LogP contribution in [0.5, 0.6) is 0 Å². The van der Waals surface area contributed by atoms with Gasteiger partial charge in [0.1, 0.15) is 0 Å². The van der Waals surface area contributed by atoms with E-state index in [2.05, 4.69) is 10.6 Å². The van der Waals surface area contributed by atoms with Gasteiger partial charge >= 0.3 is 6.18 Å². The summed E-state index contributed by atoms with van der Waals surface area (Å²) in [6.07, 6.45) is 2.87. The summed E-state index contributed by atoms with van der Waals surface area (Å²) in [5, 5.41) is 6.69. The van der Waals surface area contributed by atoms with Crippen molar-refractivity contribution in [2.24, 2.45) is 0 Å². The highest BCUT2D eigenvalue weighted by Crippen LogP contribution is 2.43. The fourth-order valence-electron chi connectivity index (χ4n) is 4.40. The molecule has 1 amide bonds. The molecule has 1 aromatic rings. The monoisotopic (exact) mass is 396 g/mol. The van der Waals surface area contributed by atoms with Gasteiger partial charge in [-0.15, -0.1) is 0 Å². The van der Waals surface area contributed by atoms with Gasteiger partial charge < -0.3 is 15.4 Å². The molecular formula is C21H27F3N2O2. The smallest absolute Gasteiger partial charge is 0.379 e. The minimum Gasteiger partial charge on any atom is -0.379 e. The van der Waals surface area contributed by atoms with Gasteiger partial charge in [0.25, 0.3) is 5.91 Å². The summed E-state index contributed by atoms with van der Waals surface area (Å²) in [5.74, 6) is -0.248. The van der Waals surface area contributed by atoms with Crippen LogP contribution in [0, 0.1) is 0 Å². The Morgan fingerprint density at radius 1 is 1.04 bits per heavy atom. The molecule has 2 aliphatic carbocycles. The second-order valence-corrected chi connectivity index (χ2v) is 8.27. The number of amides is 1. The Balaban J connectivity index is 1.48. The second kappa shape index (κ2) is 8.03. The summed E-state index contributed by atoms with van der Waals surface area (Å²) in [6, 6.07) is 3.94. The van der Waals surface area contributed by atoms with E-state index in [1.54, 1.807) is 0 Å². The fourth-order valence-corrected chi connectivity index (χ4v) is 4.40. The van der Waals surface area contributed by atoms with Crippen molar-refractivity contribution in [3.8, 4) is 0 Å². The van der Waals surface area contributed by atoms with Crippen LogP contribution in [-0.4, -0.2) is 37.2 Å². The van der Waals surface area contributed by atoms with Gasteiger partial charge in [0, 0.05) is 24.3 Å². The van der Waals surface area contributed by atoms with Crippen LogP contribution in [-0.2, 0) is 10.9 Å². The number of hydrogen-bond acceptors (Lipinski definition) is 3. The Morgan fingerprint density at radius 2 is 1.79 bits per heavy atom. The predicted octanol–water partition coefficient (Wildman–Crippen LogP) is 4.00. The van der Waals surface area contributed by atoms with Crippen molar-refractivity contribution >= 4 is 5.91 Å². The van der Waals surface area contributed by atoms with Gasteiger partial charge in [0.15, 0.2) is 0 Å². The molecule has 4 rings (SSSR count). The van der Waals surface area contributed by atoms with E-state index in [0.717, 1.165) is 44.2 Å². The van der Waals surface area contributed by atoms with E-state index in [0.29, 0.717) is 30.4 Å². The molecule has 1 heterocycles. The number of hydrogen-bond donors (Lipinski definition) is 2. The van der Waals surface area contributed by atoms with Gasteiger partial charge in [0.05, 0.1) is 18.2 Å². The summed E-state index contributed by atoms with van der Waals surface area (Å²) in [5.41, 5.74) is 0.192. The molecule has 1 saturated heterocycles. The van der Waals surface area contributed by atoms with Gasteiger partial charge in [0.2, 0.25) is 0 Å². The Kier molecular flexibility index (Phi) is 5.65. The maximum Gasteiger partial charge on any atom is 0.416 e. The molecule has 2 N–H and O–H groups in total. The third-order valence-electron chi connectivity index (χ3n) is 6.12. The average molecular weight is 396 g/mol. The highest BCUT2D eigenvalue weighted by Gasteiger charge is 2.36. The van der Waals surface area contributed by atoms with Crippen molar-refractivity contribution < 1.29 is 22.7 Å². The van der Waals surface area contributed by atoms with Crippen LogP contribution < -0.4 is 10.6 Å².